The second-order valence-corrected chi connectivity index (χ2v) is 6.63. The van der Waals surface area contributed by atoms with Crippen molar-refractivity contribution in [3.8, 4) is 5.75 Å². The number of aryl methyl sites for hydroxylation is 1. The Labute approximate surface area is 133 Å². The zero-order valence-corrected chi connectivity index (χ0v) is 13.5. The molecule has 3 rings (SSSR count). The predicted octanol–water partition coefficient (Wildman–Crippen LogP) is 5.14. The Morgan fingerprint density at radius 3 is 2.81 bits per heavy atom. The van der Waals surface area contributed by atoms with Crippen LogP contribution < -0.4 is 4.74 Å². The summed E-state index contributed by atoms with van der Waals surface area (Å²) in [6, 6.07) is 14.3. The summed E-state index contributed by atoms with van der Waals surface area (Å²) in [7, 11) is 1.68. The third kappa shape index (κ3) is 3.04. The zero-order valence-electron chi connectivity index (χ0n) is 12.0. The summed E-state index contributed by atoms with van der Waals surface area (Å²) in [6.07, 6.45) is 0.709. The lowest BCUT2D eigenvalue weighted by Crippen LogP contribution is -1.99. The van der Waals surface area contributed by atoms with E-state index in [1.54, 1.807) is 18.4 Å². The number of hydrogen-bond acceptors (Lipinski definition) is 3. The molecule has 4 heteroatoms. The maximum Gasteiger partial charge on any atom is 0.123 e. The van der Waals surface area contributed by atoms with Gasteiger partial charge in [-0.3, -0.25) is 0 Å². The van der Waals surface area contributed by atoms with Crippen LogP contribution in [0.4, 0.5) is 0 Å². The molecule has 0 aliphatic carbocycles. The first-order chi connectivity index (χ1) is 10.2. The summed E-state index contributed by atoms with van der Waals surface area (Å²) in [4.78, 5) is 4.65. The minimum absolute atomic E-state index is 0.139. The monoisotopic (exact) mass is 317 g/mol. The number of fused-ring (bicyclic) bond motifs is 1. The van der Waals surface area contributed by atoms with Crippen molar-refractivity contribution in [2.75, 3.05) is 7.11 Å². The molecule has 0 amide bonds. The van der Waals surface area contributed by atoms with E-state index in [0.29, 0.717) is 6.42 Å². The molecule has 21 heavy (non-hydrogen) atoms. The Balaban J connectivity index is 1.88. The zero-order chi connectivity index (χ0) is 14.8. The molecule has 3 aromatic rings. The van der Waals surface area contributed by atoms with E-state index in [4.69, 9.17) is 16.3 Å². The van der Waals surface area contributed by atoms with Gasteiger partial charge in [-0.15, -0.1) is 22.9 Å². The van der Waals surface area contributed by atoms with Gasteiger partial charge in [0.05, 0.1) is 27.7 Å². The fourth-order valence-electron chi connectivity index (χ4n) is 2.37. The first kappa shape index (κ1) is 14.4. The van der Waals surface area contributed by atoms with Gasteiger partial charge in [-0.05, 0) is 25.1 Å². The molecule has 0 radical (unpaired) electrons. The summed E-state index contributed by atoms with van der Waals surface area (Å²) >= 11 is 8.31. The average molecular weight is 318 g/mol. The van der Waals surface area contributed by atoms with Crippen molar-refractivity contribution in [2.24, 2.45) is 0 Å². The number of ether oxygens (including phenoxy) is 1. The predicted molar refractivity (Wildman–Crippen MR) is 89.6 cm³/mol. The highest BCUT2D eigenvalue weighted by Gasteiger charge is 2.16. The third-order valence-electron chi connectivity index (χ3n) is 3.41. The molecule has 0 fully saturated rings. The average Bonchev–Trinajstić information content (AvgIpc) is 2.89. The van der Waals surface area contributed by atoms with Gasteiger partial charge in [0.25, 0.3) is 0 Å². The molecular weight excluding hydrogens is 302 g/mol. The van der Waals surface area contributed by atoms with Crippen molar-refractivity contribution in [1.29, 1.82) is 0 Å². The normalized spacial score (nSPS) is 12.5. The number of hydrogen-bond donors (Lipinski definition) is 0. The third-order valence-corrected chi connectivity index (χ3v) is 4.86. The van der Waals surface area contributed by atoms with Gasteiger partial charge in [0.1, 0.15) is 5.75 Å². The lowest BCUT2D eigenvalue weighted by molar-refractivity contribution is 0.409. The molecule has 0 N–H and O–H groups in total. The van der Waals surface area contributed by atoms with Crippen LogP contribution in [-0.4, -0.2) is 12.1 Å². The molecule has 108 valence electrons. The molecule has 2 nitrogen and oxygen atoms in total. The first-order valence-corrected chi connectivity index (χ1v) is 8.05. The van der Waals surface area contributed by atoms with Gasteiger partial charge >= 0.3 is 0 Å². The van der Waals surface area contributed by atoms with E-state index in [1.807, 2.05) is 30.3 Å². The summed E-state index contributed by atoms with van der Waals surface area (Å²) in [5.74, 6) is 0.835. The second-order valence-electron chi connectivity index (χ2n) is 4.99. The van der Waals surface area contributed by atoms with Crippen molar-refractivity contribution < 1.29 is 4.74 Å². The Kier molecular flexibility index (Phi) is 4.13. The maximum atomic E-state index is 6.61. The molecule has 0 saturated carbocycles. The number of rotatable bonds is 4. The van der Waals surface area contributed by atoms with Gasteiger partial charge in [0, 0.05) is 12.0 Å². The molecule has 2 aromatic carbocycles. The molecule has 0 aliphatic rings. The van der Waals surface area contributed by atoms with E-state index in [1.165, 1.54) is 10.3 Å². The summed E-state index contributed by atoms with van der Waals surface area (Å²) in [5.41, 5.74) is 3.25. The number of benzene rings is 2. The van der Waals surface area contributed by atoms with Gasteiger partial charge in [-0.25, -0.2) is 4.98 Å². The Hall–Kier alpha value is -1.58. The molecule has 0 aliphatic heterocycles. The lowest BCUT2D eigenvalue weighted by atomic mass is 10.1. The highest BCUT2D eigenvalue weighted by molar-refractivity contribution is 7.18. The molecule has 1 unspecified atom stereocenters. The number of nitrogens with zero attached hydrogens (tertiary/aromatic N) is 1. The molecule has 1 heterocycles. The minimum Gasteiger partial charge on any atom is -0.496 e. The summed E-state index contributed by atoms with van der Waals surface area (Å²) in [6.45, 7) is 2.06. The van der Waals surface area contributed by atoms with E-state index >= 15 is 0 Å². The van der Waals surface area contributed by atoms with Crippen LogP contribution in [0.15, 0.2) is 42.5 Å². The van der Waals surface area contributed by atoms with Crippen LogP contribution >= 0.6 is 22.9 Å². The van der Waals surface area contributed by atoms with Gasteiger partial charge in [-0.1, -0.05) is 29.8 Å². The quantitative estimate of drug-likeness (QED) is 0.622. The second kappa shape index (κ2) is 6.04. The number of alkyl halides is 1. The largest absolute Gasteiger partial charge is 0.496 e. The van der Waals surface area contributed by atoms with Gasteiger partial charge in [0.2, 0.25) is 0 Å². The van der Waals surface area contributed by atoms with E-state index < -0.39 is 0 Å². The van der Waals surface area contributed by atoms with Crippen molar-refractivity contribution in [2.45, 2.75) is 18.7 Å². The standard InChI is InChI=1S/C17H16ClNOS/c1-11-7-8-15(20-2)12(9-11)13(18)10-17-19-14-5-3-4-6-16(14)21-17/h3-9,13H,10H2,1-2H3. The molecule has 0 spiro atoms. The van der Waals surface area contributed by atoms with Crippen molar-refractivity contribution in [3.05, 3.63) is 58.6 Å². The highest BCUT2D eigenvalue weighted by atomic mass is 35.5. The van der Waals surface area contributed by atoms with E-state index in [9.17, 15) is 0 Å². The fourth-order valence-corrected chi connectivity index (χ4v) is 3.79. The van der Waals surface area contributed by atoms with Crippen molar-refractivity contribution in [3.63, 3.8) is 0 Å². The summed E-state index contributed by atoms with van der Waals surface area (Å²) in [5, 5.41) is 0.917. The van der Waals surface area contributed by atoms with Crippen LogP contribution in [0, 0.1) is 6.92 Å². The number of halogens is 1. The van der Waals surface area contributed by atoms with Crippen LogP contribution in [0.5, 0.6) is 5.75 Å². The molecule has 1 atom stereocenters. The Morgan fingerprint density at radius 2 is 2.05 bits per heavy atom. The van der Waals surface area contributed by atoms with Gasteiger partial charge in [-0.2, -0.15) is 0 Å². The van der Waals surface area contributed by atoms with Crippen molar-refractivity contribution >= 4 is 33.2 Å². The summed E-state index contributed by atoms with van der Waals surface area (Å²) < 4.78 is 6.62. The number of para-hydroxylation sites is 1. The topological polar surface area (TPSA) is 22.1 Å². The molecule has 0 bridgehead atoms. The maximum absolute atomic E-state index is 6.61. The van der Waals surface area contributed by atoms with Gasteiger partial charge in [0.15, 0.2) is 0 Å². The van der Waals surface area contributed by atoms with Crippen LogP contribution in [-0.2, 0) is 6.42 Å². The molecule has 1 aromatic heterocycles. The fraction of sp³-hybridized carbons (Fsp3) is 0.235. The Morgan fingerprint density at radius 1 is 1.24 bits per heavy atom. The van der Waals surface area contributed by atoms with Crippen LogP contribution in [0.2, 0.25) is 0 Å². The molecule has 0 saturated heterocycles. The van der Waals surface area contributed by atoms with E-state index in [-0.39, 0.29) is 5.38 Å². The minimum atomic E-state index is -0.139. The number of thiazole rings is 1. The number of aromatic nitrogens is 1. The highest BCUT2D eigenvalue weighted by Crippen LogP contribution is 2.34. The van der Waals surface area contributed by atoms with E-state index in [2.05, 4.69) is 24.0 Å². The first-order valence-electron chi connectivity index (χ1n) is 6.80. The molecular formula is C17H16ClNOS. The van der Waals surface area contributed by atoms with Crippen LogP contribution in [0.25, 0.3) is 10.2 Å². The Bertz CT molecular complexity index is 735. The van der Waals surface area contributed by atoms with Crippen LogP contribution in [0.3, 0.4) is 0 Å². The SMILES string of the molecule is COc1ccc(C)cc1C(Cl)Cc1nc2ccccc2s1. The smallest absolute Gasteiger partial charge is 0.123 e. The van der Waals surface area contributed by atoms with Gasteiger partial charge < -0.3 is 4.74 Å². The van der Waals surface area contributed by atoms with Crippen molar-refractivity contribution in [1.82, 2.24) is 4.98 Å². The number of methoxy groups -OCH3 is 1. The van der Waals surface area contributed by atoms with E-state index in [0.717, 1.165) is 21.8 Å². The van der Waals surface area contributed by atoms with Crippen LogP contribution in [0.1, 0.15) is 21.5 Å². The lowest BCUT2D eigenvalue weighted by Gasteiger charge is -2.13.